The second kappa shape index (κ2) is 26.5. The van der Waals surface area contributed by atoms with Crippen molar-refractivity contribution < 1.29 is 4.74 Å². The maximum Gasteiger partial charge on any atom is 0.0466 e. The summed E-state index contributed by atoms with van der Waals surface area (Å²) in [5, 5.41) is 0. The predicted molar refractivity (Wildman–Crippen MR) is 125 cm³/mol. The van der Waals surface area contributed by atoms with Gasteiger partial charge in [-0.05, 0) is 25.7 Å². The molecule has 0 unspecified atom stereocenters. The van der Waals surface area contributed by atoms with Crippen LogP contribution in [0.15, 0.2) is 0 Å². The Bertz CT molecular complexity index is 225. The van der Waals surface area contributed by atoms with Crippen molar-refractivity contribution in [1.29, 1.82) is 0 Å². The lowest BCUT2D eigenvalue weighted by Crippen LogP contribution is -1.97. The maximum absolute atomic E-state index is 5.78. The van der Waals surface area contributed by atoms with Crippen LogP contribution < -0.4 is 0 Å². The summed E-state index contributed by atoms with van der Waals surface area (Å²) < 4.78 is 5.78. The minimum atomic E-state index is 0.832. The topological polar surface area (TPSA) is 9.23 Å². The third-order valence-corrected chi connectivity index (χ3v) is 5.88. The average molecular weight is 424 g/mol. The second-order valence-electron chi connectivity index (χ2n) is 8.06. The Kier molecular flexibility index (Phi) is 27.1. The van der Waals surface area contributed by atoms with Crippen LogP contribution in [0.2, 0.25) is 0 Å². The molecule has 0 rings (SSSR count). The van der Waals surface area contributed by atoms with E-state index in [0.717, 1.165) is 25.0 Å². The summed E-state index contributed by atoms with van der Waals surface area (Å²) in [5.74, 6) is 1.66. The lowest BCUT2D eigenvalue weighted by molar-refractivity contribution is 0.125. The molecule has 0 aliphatic heterocycles. The van der Waals surface area contributed by atoms with E-state index in [1.165, 1.54) is 128 Å². The first kappa shape index (κ1) is 27.5. The number of unbranched alkanes of at least 4 members (excludes halogenated alkanes) is 18. The monoisotopic (exact) mass is 422 g/mol. The molecule has 0 aliphatic carbocycles. The molecule has 0 amide bonds. The summed E-state index contributed by atoms with van der Waals surface area (Å²) in [6.07, 6.45) is 27.0. The van der Waals surface area contributed by atoms with Gasteiger partial charge in [0, 0.05) is 25.0 Å². The normalized spacial score (nSPS) is 11.3. The quantitative estimate of drug-likeness (QED) is 0.111. The minimum Gasteiger partial charge on any atom is -0.381 e. The summed E-state index contributed by atoms with van der Waals surface area (Å²) in [5.41, 5.74) is 0. The number of ether oxygens (including phenoxy) is 1. The van der Waals surface area contributed by atoms with Crippen molar-refractivity contribution >= 4 is 23.2 Å². The SMILES string of the molecule is ClCCCCCCCCCCCCOCCCCCCCCCCCCCl. The van der Waals surface area contributed by atoms with Gasteiger partial charge in [0.15, 0.2) is 0 Å². The molecule has 0 radical (unpaired) electrons. The van der Waals surface area contributed by atoms with Crippen molar-refractivity contribution in [1.82, 2.24) is 0 Å². The van der Waals surface area contributed by atoms with E-state index in [0.29, 0.717) is 0 Å². The number of halogens is 2. The average Bonchev–Trinajstić information content (AvgIpc) is 2.68. The van der Waals surface area contributed by atoms with Crippen molar-refractivity contribution in [2.24, 2.45) is 0 Å². The zero-order chi connectivity index (χ0) is 19.7. The van der Waals surface area contributed by atoms with Gasteiger partial charge in [0.05, 0.1) is 0 Å². The number of hydrogen-bond acceptors (Lipinski definition) is 1. The van der Waals surface area contributed by atoms with Gasteiger partial charge in [0.2, 0.25) is 0 Å². The first-order chi connectivity index (χ1) is 13.4. The molecule has 0 bridgehead atoms. The Morgan fingerprint density at radius 2 is 0.519 bits per heavy atom. The molecule has 1 nitrogen and oxygen atoms in total. The standard InChI is InChI=1S/C24H48Cl2O/c25-21-17-13-9-5-1-3-7-11-15-19-23-27-24-20-16-12-8-4-2-6-10-14-18-22-26/h1-24H2. The Labute approximate surface area is 181 Å². The molecule has 3 heteroatoms. The molecule has 0 aliphatic rings. The van der Waals surface area contributed by atoms with E-state index in [1.54, 1.807) is 0 Å². The molecule has 0 atom stereocenters. The van der Waals surface area contributed by atoms with E-state index < -0.39 is 0 Å². The predicted octanol–water partition coefficient (Wildman–Crippen LogP) is 9.28. The van der Waals surface area contributed by atoms with Gasteiger partial charge in [0.25, 0.3) is 0 Å². The zero-order valence-electron chi connectivity index (χ0n) is 18.1. The van der Waals surface area contributed by atoms with Gasteiger partial charge in [-0.3, -0.25) is 0 Å². The minimum absolute atomic E-state index is 0.832. The van der Waals surface area contributed by atoms with Crippen LogP contribution in [0.5, 0.6) is 0 Å². The van der Waals surface area contributed by atoms with E-state index in [1.807, 2.05) is 0 Å². The fraction of sp³-hybridized carbons (Fsp3) is 1.00. The highest BCUT2D eigenvalue weighted by molar-refractivity contribution is 6.18. The summed E-state index contributed by atoms with van der Waals surface area (Å²) in [6, 6.07) is 0. The third-order valence-electron chi connectivity index (χ3n) is 5.34. The molecule has 0 saturated carbocycles. The highest BCUT2D eigenvalue weighted by atomic mass is 35.5. The molecule has 0 aromatic heterocycles. The fourth-order valence-electron chi connectivity index (χ4n) is 3.53. The molecule has 27 heavy (non-hydrogen) atoms. The molecule has 0 saturated heterocycles. The Morgan fingerprint density at radius 3 is 0.778 bits per heavy atom. The van der Waals surface area contributed by atoms with E-state index >= 15 is 0 Å². The van der Waals surface area contributed by atoms with Gasteiger partial charge in [-0.15, -0.1) is 23.2 Å². The highest BCUT2D eigenvalue weighted by Crippen LogP contribution is 2.12. The smallest absolute Gasteiger partial charge is 0.0466 e. The fourth-order valence-corrected chi connectivity index (χ4v) is 3.91. The van der Waals surface area contributed by atoms with Crippen LogP contribution in [0.25, 0.3) is 0 Å². The van der Waals surface area contributed by atoms with Crippen molar-refractivity contribution in [2.75, 3.05) is 25.0 Å². The van der Waals surface area contributed by atoms with Crippen LogP contribution in [0.1, 0.15) is 128 Å². The van der Waals surface area contributed by atoms with E-state index in [4.69, 9.17) is 27.9 Å². The Balaban J connectivity index is 2.95. The van der Waals surface area contributed by atoms with Gasteiger partial charge in [-0.1, -0.05) is 103 Å². The molecular formula is C24H48Cl2O. The van der Waals surface area contributed by atoms with Crippen molar-refractivity contribution in [3.8, 4) is 0 Å². The van der Waals surface area contributed by atoms with Crippen LogP contribution >= 0.6 is 23.2 Å². The molecule has 164 valence electrons. The van der Waals surface area contributed by atoms with Crippen molar-refractivity contribution in [2.45, 2.75) is 128 Å². The summed E-state index contributed by atoms with van der Waals surface area (Å²) in [7, 11) is 0. The molecule has 0 heterocycles. The summed E-state index contributed by atoms with van der Waals surface area (Å²) in [4.78, 5) is 0. The van der Waals surface area contributed by atoms with Crippen LogP contribution in [0, 0.1) is 0 Å². The van der Waals surface area contributed by atoms with Gasteiger partial charge in [0.1, 0.15) is 0 Å². The van der Waals surface area contributed by atoms with Gasteiger partial charge >= 0.3 is 0 Å². The molecule has 0 spiro atoms. The van der Waals surface area contributed by atoms with E-state index in [-0.39, 0.29) is 0 Å². The maximum atomic E-state index is 5.78. The number of rotatable bonds is 24. The molecule has 0 N–H and O–H groups in total. The Morgan fingerprint density at radius 1 is 0.296 bits per heavy atom. The highest BCUT2D eigenvalue weighted by Gasteiger charge is 1.95. The summed E-state index contributed by atoms with van der Waals surface area (Å²) in [6.45, 7) is 1.95. The van der Waals surface area contributed by atoms with Crippen LogP contribution in [-0.2, 0) is 4.74 Å². The van der Waals surface area contributed by atoms with Crippen molar-refractivity contribution in [3.05, 3.63) is 0 Å². The van der Waals surface area contributed by atoms with Crippen LogP contribution in [-0.4, -0.2) is 25.0 Å². The van der Waals surface area contributed by atoms with Gasteiger partial charge < -0.3 is 4.74 Å². The van der Waals surface area contributed by atoms with Crippen LogP contribution in [0.4, 0.5) is 0 Å². The van der Waals surface area contributed by atoms with Gasteiger partial charge in [-0.25, -0.2) is 0 Å². The molecule has 0 aromatic rings. The van der Waals surface area contributed by atoms with Crippen molar-refractivity contribution in [3.63, 3.8) is 0 Å². The lowest BCUT2D eigenvalue weighted by atomic mass is 10.1. The van der Waals surface area contributed by atoms with E-state index in [9.17, 15) is 0 Å². The third kappa shape index (κ3) is 26.5. The van der Waals surface area contributed by atoms with Crippen LogP contribution in [0.3, 0.4) is 0 Å². The van der Waals surface area contributed by atoms with Gasteiger partial charge in [-0.2, -0.15) is 0 Å². The second-order valence-corrected chi connectivity index (χ2v) is 8.82. The Hall–Kier alpha value is 0.540. The summed E-state index contributed by atoms with van der Waals surface area (Å²) >= 11 is 11.4. The molecule has 0 aromatic carbocycles. The first-order valence-corrected chi connectivity index (χ1v) is 13.2. The first-order valence-electron chi connectivity index (χ1n) is 12.1. The van der Waals surface area contributed by atoms with E-state index in [2.05, 4.69) is 0 Å². The number of hydrogen-bond donors (Lipinski definition) is 0. The molecular weight excluding hydrogens is 375 g/mol. The molecule has 0 fully saturated rings. The lowest BCUT2D eigenvalue weighted by Gasteiger charge is -2.05. The number of alkyl halides is 2. The largest absolute Gasteiger partial charge is 0.381 e. The zero-order valence-corrected chi connectivity index (χ0v) is 19.6.